The summed E-state index contributed by atoms with van der Waals surface area (Å²) in [6.07, 6.45) is 1.47. The van der Waals surface area contributed by atoms with E-state index in [0.29, 0.717) is 12.8 Å². The highest BCUT2D eigenvalue weighted by atomic mass is 19.1. The molecule has 0 amide bonds. The number of halogens is 1. The van der Waals surface area contributed by atoms with Crippen LogP contribution < -0.4 is 4.74 Å². The highest BCUT2D eigenvalue weighted by molar-refractivity contribution is 5.29. The van der Waals surface area contributed by atoms with Crippen molar-refractivity contribution in [2.45, 2.75) is 25.4 Å². The van der Waals surface area contributed by atoms with Gasteiger partial charge in [-0.1, -0.05) is 36.4 Å². The Bertz CT molecular complexity index is 540. The quantitative estimate of drug-likeness (QED) is 0.875. The van der Waals surface area contributed by atoms with Gasteiger partial charge in [-0.25, -0.2) is 4.39 Å². The minimum atomic E-state index is -0.469. The van der Waals surface area contributed by atoms with Crippen LogP contribution in [0.15, 0.2) is 48.5 Å². The number of aryl methyl sites for hydroxylation is 1. The first-order valence-corrected chi connectivity index (χ1v) is 6.73. The number of methoxy groups -OCH3 is 1. The Hall–Kier alpha value is -1.87. The molecule has 2 aromatic carbocycles. The average molecular weight is 274 g/mol. The van der Waals surface area contributed by atoms with Gasteiger partial charge in [0.2, 0.25) is 0 Å². The van der Waals surface area contributed by atoms with Crippen molar-refractivity contribution in [3.8, 4) is 5.75 Å². The van der Waals surface area contributed by atoms with Gasteiger partial charge in [0.15, 0.2) is 11.6 Å². The maximum absolute atomic E-state index is 13.5. The third kappa shape index (κ3) is 4.07. The fourth-order valence-corrected chi connectivity index (χ4v) is 2.19. The van der Waals surface area contributed by atoms with Crippen LogP contribution in [0.5, 0.6) is 5.75 Å². The highest BCUT2D eigenvalue weighted by Crippen LogP contribution is 2.19. The lowest BCUT2D eigenvalue weighted by Gasteiger charge is -2.11. The van der Waals surface area contributed by atoms with E-state index >= 15 is 0 Å². The summed E-state index contributed by atoms with van der Waals surface area (Å²) in [5, 5.41) is 10.0. The first-order valence-electron chi connectivity index (χ1n) is 6.73. The van der Waals surface area contributed by atoms with Crippen molar-refractivity contribution in [3.63, 3.8) is 0 Å². The van der Waals surface area contributed by atoms with Crippen molar-refractivity contribution in [2.75, 3.05) is 7.11 Å². The molecule has 0 saturated heterocycles. The fraction of sp³-hybridized carbons (Fsp3) is 0.294. The van der Waals surface area contributed by atoms with E-state index in [1.54, 1.807) is 12.1 Å². The fourth-order valence-electron chi connectivity index (χ4n) is 2.19. The Balaban J connectivity index is 1.88. The zero-order valence-electron chi connectivity index (χ0n) is 11.6. The predicted octanol–water partition coefficient (Wildman–Crippen LogP) is 3.37. The summed E-state index contributed by atoms with van der Waals surface area (Å²) < 4.78 is 18.4. The number of ether oxygens (including phenoxy) is 1. The van der Waals surface area contributed by atoms with E-state index in [-0.39, 0.29) is 11.6 Å². The molecule has 106 valence electrons. The molecular formula is C17H19FO2. The van der Waals surface area contributed by atoms with Crippen LogP contribution in [0, 0.1) is 5.82 Å². The lowest BCUT2D eigenvalue weighted by molar-refractivity contribution is 0.165. The maximum Gasteiger partial charge on any atom is 0.165 e. The van der Waals surface area contributed by atoms with Crippen molar-refractivity contribution in [3.05, 3.63) is 65.5 Å². The van der Waals surface area contributed by atoms with Crippen LogP contribution in [0.25, 0.3) is 0 Å². The van der Waals surface area contributed by atoms with Crippen LogP contribution in [-0.4, -0.2) is 18.3 Å². The molecule has 1 N–H and O–H groups in total. The molecule has 0 fully saturated rings. The van der Waals surface area contributed by atoms with Gasteiger partial charge in [-0.3, -0.25) is 0 Å². The Morgan fingerprint density at radius 2 is 1.85 bits per heavy atom. The van der Waals surface area contributed by atoms with Crippen molar-refractivity contribution in [1.82, 2.24) is 0 Å². The van der Waals surface area contributed by atoms with Crippen molar-refractivity contribution < 1.29 is 14.2 Å². The summed E-state index contributed by atoms with van der Waals surface area (Å²) in [6, 6.07) is 14.8. The molecule has 0 aliphatic heterocycles. The zero-order chi connectivity index (χ0) is 14.4. The largest absolute Gasteiger partial charge is 0.494 e. The summed E-state index contributed by atoms with van der Waals surface area (Å²) in [4.78, 5) is 0. The van der Waals surface area contributed by atoms with Crippen LogP contribution in [0.1, 0.15) is 17.5 Å². The van der Waals surface area contributed by atoms with Crippen LogP contribution in [0.4, 0.5) is 4.39 Å². The second-order valence-electron chi connectivity index (χ2n) is 4.85. The van der Waals surface area contributed by atoms with Gasteiger partial charge in [-0.2, -0.15) is 0 Å². The molecule has 0 aliphatic rings. The van der Waals surface area contributed by atoms with Gasteiger partial charge in [-0.05, 0) is 42.5 Å². The zero-order valence-corrected chi connectivity index (χ0v) is 11.6. The van der Waals surface area contributed by atoms with Crippen molar-refractivity contribution in [1.29, 1.82) is 0 Å². The van der Waals surface area contributed by atoms with Crippen molar-refractivity contribution >= 4 is 0 Å². The minimum Gasteiger partial charge on any atom is -0.494 e. The minimum absolute atomic E-state index is 0.229. The maximum atomic E-state index is 13.5. The first kappa shape index (κ1) is 14.5. The summed E-state index contributed by atoms with van der Waals surface area (Å²) in [5.41, 5.74) is 1.98. The molecule has 0 aliphatic carbocycles. The Labute approximate surface area is 118 Å². The molecule has 20 heavy (non-hydrogen) atoms. The van der Waals surface area contributed by atoms with Gasteiger partial charge >= 0.3 is 0 Å². The Kier molecular flexibility index (Phi) is 5.13. The third-order valence-corrected chi connectivity index (χ3v) is 3.30. The topological polar surface area (TPSA) is 29.5 Å². The van der Waals surface area contributed by atoms with Gasteiger partial charge in [0.05, 0.1) is 13.2 Å². The smallest absolute Gasteiger partial charge is 0.165 e. The lowest BCUT2D eigenvalue weighted by Crippen LogP contribution is -2.11. The highest BCUT2D eigenvalue weighted by Gasteiger charge is 2.09. The summed E-state index contributed by atoms with van der Waals surface area (Å²) in [7, 11) is 1.44. The first-order chi connectivity index (χ1) is 9.69. The third-order valence-electron chi connectivity index (χ3n) is 3.30. The predicted molar refractivity (Wildman–Crippen MR) is 77.4 cm³/mol. The van der Waals surface area contributed by atoms with Gasteiger partial charge in [0.25, 0.3) is 0 Å². The molecule has 0 spiro atoms. The standard InChI is InChI=1S/C17H19FO2/c1-20-17-10-8-14(12-16(17)18)11-15(19)9-7-13-5-3-2-4-6-13/h2-6,8,10,12,15,19H,7,9,11H2,1H3. The Morgan fingerprint density at radius 1 is 1.10 bits per heavy atom. The molecule has 3 heteroatoms. The van der Waals surface area contributed by atoms with Crippen molar-refractivity contribution in [2.24, 2.45) is 0 Å². The molecule has 0 aromatic heterocycles. The van der Waals surface area contributed by atoms with Crippen LogP contribution in [0.3, 0.4) is 0 Å². The van der Waals surface area contributed by atoms with Gasteiger partial charge in [-0.15, -0.1) is 0 Å². The van der Waals surface area contributed by atoms with Crippen LogP contribution >= 0.6 is 0 Å². The number of hydrogen-bond acceptors (Lipinski definition) is 2. The molecule has 0 heterocycles. The molecule has 1 unspecified atom stereocenters. The van der Waals surface area contributed by atoms with E-state index in [9.17, 15) is 9.50 Å². The number of benzene rings is 2. The monoisotopic (exact) mass is 274 g/mol. The van der Waals surface area contributed by atoms with E-state index in [1.165, 1.54) is 18.7 Å². The number of rotatable bonds is 6. The average Bonchev–Trinajstić information content (AvgIpc) is 2.46. The normalized spacial score (nSPS) is 12.2. The molecule has 2 aromatic rings. The summed E-state index contributed by atoms with van der Waals surface area (Å²) in [6.45, 7) is 0. The van der Waals surface area contributed by atoms with Crippen LogP contribution in [-0.2, 0) is 12.8 Å². The van der Waals surface area contributed by atoms with E-state index in [4.69, 9.17) is 4.74 Å². The second-order valence-corrected chi connectivity index (χ2v) is 4.85. The van der Waals surface area contributed by atoms with E-state index < -0.39 is 6.10 Å². The summed E-state index contributed by atoms with van der Waals surface area (Å²) in [5.74, 6) is -0.159. The lowest BCUT2D eigenvalue weighted by atomic mass is 10.0. The molecule has 2 nitrogen and oxygen atoms in total. The molecule has 2 rings (SSSR count). The number of aliphatic hydroxyl groups is 1. The van der Waals surface area contributed by atoms with Crippen LogP contribution in [0.2, 0.25) is 0 Å². The Morgan fingerprint density at radius 3 is 2.50 bits per heavy atom. The SMILES string of the molecule is COc1ccc(CC(O)CCc2ccccc2)cc1F. The molecular weight excluding hydrogens is 255 g/mol. The van der Waals surface area contributed by atoms with Gasteiger partial charge < -0.3 is 9.84 Å². The summed E-state index contributed by atoms with van der Waals surface area (Å²) >= 11 is 0. The number of aliphatic hydroxyl groups excluding tert-OH is 1. The van der Waals surface area contributed by atoms with E-state index in [2.05, 4.69) is 0 Å². The molecule has 0 radical (unpaired) electrons. The van der Waals surface area contributed by atoms with E-state index in [0.717, 1.165) is 12.0 Å². The second kappa shape index (κ2) is 7.06. The number of hydrogen-bond donors (Lipinski definition) is 1. The molecule has 1 atom stereocenters. The van der Waals surface area contributed by atoms with E-state index in [1.807, 2.05) is 30.3 Å². The molecule has 0 saturated carbocycles. The van der Waals surface area contributed by atoms with Gasteiger partial charge in [0.1, 0.15) is 0 Å². The van der Waals surface area contributed by atoms with Gasteiger partial charge in [0, 0.05) is 0 Å². The molecule has 0 bridgehead atoms.